The van der Waals surface area contributed by atoms with E-state index in [1.165, 1.54) is 5.39 Å². The Kier molecular flexibility index (Phi) is 5.62. The molecule has 0 aromatic carbocycles. The first-order chi connectivity index (χ1) is 12.0. The van der Waals surface area contributed by atoms with Crippen molar-refractivity contribution in [3.8, 4) is 0 Å². The van der Waals surface area contributed by atoms with Gasteiger partial charge in [0.2, 0.25) is 0 Å². The van der Waals surface area contributed by atoms with Gasteiger partial charge in [-0.15, -0.1) is 11.3 Å². The molecule has 1 saturated heterocycles. The molecule has 4 nitrogen and oxygen atoms in total. The summed E-state index contributed by atoms with van der Waals surface area (Å²) in [6.45, 7) is 12.9. The van der Waals surface area contributed by atoms with Crippen LogP contribution in [0.25, 0.3) is 10.1 Å². The summed E-state index contributed by atoms with van der Waals surface area (Å²) in [5.41, 5.74) is -0.442. The van der Waals surface area contributed by atoms with Gasteiger partial charge in [-0.3, -0.25) is 0 Å². The van der Waals surface area contributed by atoms with Gasteiger partial charge in [0.1, 0.15) is 17.0 Å². The highest BCUT2D eigenvalue weighted by atomic mass is 32.1. The van der Waals surface area contributed by atoms with E-state index in [0.29, 0.717) is 6.61 Å². The van der Waals surface area contributed by atoms with Gasteiger partial charge in [-0.05, 0) is 64.4 Å². The third kappa shape index (κ3) is 4.73. The van der Waals surface area contributed by atoms with Crippen molar-refractivity contribution in [2.45, 2.75) is 77.6 Å². The highest BCUT2D eigenvalue weighted by Gasteiger charge is 2.40. The van der Waals surface area contributed by atoms with Crippen molar-refractivity contribution in [2.75, 3.05) is 6.61 Å². The van der Waals surface area contributed by atoms with Crippen molar-refractivity contribution < 1.29 is 14.2 Å². The highest BCUT2D eigenvalue weighted by molar-refractivity contribution is 7.71. The molecule has 1 aliphatic rings. The van der Waals surface area contributed by atoms with Crippen LogP contribution >= 0.6 is 23.6 Å². The summed E-state index contributed by atoms with van der Waals surface area (Å²) in [4.78, 5) is 0. The Hall–Kier alpha value is -0.790. The van der Waals surface area contributed by atoms with Crippen LogP contribution in [0.1, 0.15) is 54.2 Å². The molecule has 0 spiro atoms. The maximum absolute atomic E-state index is 6.36. The minimum atomic E-state index is -0.234. The fraction of sp³-hybridized carbons (Fsp3) is 0.650. The number of thiophene rings is 1. The number of hydrogen-bond donors (Lipinski definition) is 0. The summed E-state index contributed by atoms with van der Waals surface area (Å²) in [6, 6.07) is 4.20. The van der Waals surface area contributed by atoms with Gasteiger partial charge >= 0.3 is 0 Å². The van der Waals surface area contributed by atoms with Crippen LogP contribution in [0.2, 0.25) is 0 Å². The van der Waals surface area contributed by atoms with Crippen molar-refractivity contribution in [3.05, 3.63) is 28.4 Å². The number of aromatic nitrogens is 1. The van der Waals surface area contributed by atoms with Gasteiger partial charge < -0.3 is 18.8 Å². The maximum atomic E-state index is 6.36. The number of rotatable bonds is 4. The Morgan fingerprint density at radius 1 is 1.19 bits per heavy atom. The second-order valence-electron chi connectivity index (χ2n) is 8.79. The second-order valence-corrected chi connectivity index (χ2v) is 10.1. The predicted octanol–water partition coefficient (Wildman–Crippen LogP) is 5.72. The third-order valence-corrected chi connectivity index (χ3v) is 5.70. The van der Waals surface area contributed by atoms with Crippen LogP contribution in [-0.2, 0) is 14.2 Å². The van der Waals surface area contributed by atoms with E-state index in [-0.39, 0.29) is 29.6 Å². The number of fused-ring (bicyclic) bond motifs is 1. The Balaban J connectivity index is 1.84. The zero-order valence-corrected chi connectivity index (χ0v) is 18.1. The van der Waals surface area contributed by atoms with Crippen LogP contribution in [0, 0.1) is 4.64 Å². The molecule has 0 saturated carbocycles. The molecule has 3 heterocycles. The summed E-state index contributed by atoms with van der Waals surface area (Å²) in [7, 11) is 0. The molecule has 0 aliphatic carbocycles. The molecule has 0 bridgehead atoms. The predicted molar refractivity (Wildman–Crippen MR) is 110 cm³/mol. The molecule has 0 amide bonds. The molecule has 0 N–H and O–H groups in total. The van der Waals surface area contributed by atoms with Crippen molar-refractivity contribution in [1.29, 1.82) is 0 Å². The van der Waals surface area contributed by atoms with Gasteiger partial charge in [0.05, 0.1) is 28.6 Å². The Bertz CT molecular complexity index is 813. The fourth-order valence-electron chi connectivity index (χ4n) is 3.13. The van der Waals surface area contributed by atoms with Gasteiger partial charge in [-0.2, -0.15) is 0 Å². The monoisotopic (exact) mass is 395 g/mol. The van der Waals surface area contributed by atoms with Gasteiger partial charge in [-0.1, -0.05) is 12.2 Å². The molecule has 2 aromatic rings. The minimum absolute atomic E-state index is 0.0247. The quantitative estimate of drug-likeness (QED) is 0.620. The minimum Gasteiger partial charge on any atom is -0.373 e. The molecule has 144 valence electrons. The zero-order chi connectivity index (χ0) is 19.1. The molecule has 3 rings (SSSR count). The van der Waals surface area contributed by atoms with Crippen LogP contribution in [0.3, 0.4) is 0 Å². The van der Waals surface area contributed by atoms with Crippen molar-refractivity contribution in [2.24, 2.45) is 0 Å². The number of nitrogens with zero attached hydrogens (tertiary/aromatic N) is 1. The first-order valence-corrected chi connectivity index (χ1v) is 10.4. The average molecular weight is 396 g/mol. The normalized spacial score (nSPS) is 24.5. The van der Waals surface area contributed by atoms with Crippen molar-refractivity contribution in [3.63, 3.8) is 0 Å². The average Bonchev–Trinajstić information content (AvgIpc) is 3.10. The summed E-state index contributed by atoms with van der Waals surface area (Å²) in [5.74, 6) is 0. The van der Waals surface area contributed by atoms with Crippen molar-refractivity contribution >= 4 is 33.6 Å². The van der Waals surface area contributed by atoms with Crippen LogP contribution < -0.4 is 0 Å². The van der Waals surface area contributed by atoms with E-state index in [4.69, 9.17) is 26.4 Å². The molecular formula is C20H29NO3S2. The van der Waals surface area contributed by atoms with E-state index in [2.05, 4.69) is 63.6 Å². The van der Waals surface area contributed by atoms with Gasteiger partial charge in [0.25, 0.3) is 0 Å². The van der Waals surface area contributed by atoms with Crippen LogP contribution in [0.4, 0.5) is 0 Å². The highest BCUT2D eigenvalue weighted by Crippen LogP contribution is 2.35. The molecule has 1 fully saturated rings. The van der Waals surface area contributed by atoms with Gasteiger partial charge in [-0.25, -0.2) is 0 Å². The topological polar surface area (TPSA) is 32.6 Å². The Morgan fingerprint density at radius 3 is 2.58 bits per heavy atom. The molecule has 1 unspecified atom stereocenters. The van der Waals surface area contributed by atoms with E-state index in [1.807, 2.05) is 6.20 Å². The zero-order valence-electron chi connectivity index (χ0n) is 16.4. The van der Waals surface area contributed by atoms with Crippen LogP contribution in [0.5, 0.6) is 0 Å². The summed E-state index contributed by atoms with van der Waals surface area (Å²) in [5, 5.41) is 3.26. The SMILES string of the molecule is CC(C)(C)OC[C@H]1O[C@@H](n2ccc3ccsc3c2=S)CC1OC(C)(C)C. The summed E-state index contributed by atoms with van der Waals surface area (Å²) in [6.07, 6.45) is 2.53. The van der Waals surface area contributed by atoms with Gasteiger partial charge in [0, 0.05) is 12.6 Å². The fourth-order valence-corrected chi connectivity index (χ4v) is 4.40. The molecule has 2 aromatic heterocycles. The third-order valence-electron chi connectivity index (χ3n) is 4.22. The van der Waals surface area contributed by atoms with E-state index < -0.39 is 0 Å². The summed E-state index contributed by atoms with van der Waals surface area (Å²) >= 11 is 7.39. The Morgan fingerprint density at radius 2 is 1.92 bits per heavy atom. The molecular weight excluding hydrogens is 366 g/mol. The molecule has 6 heteroatoms. The van der Waals surface area contributed by atoms with E-state index in [9.17, 15) is 0 Å². The first-order valence-electron chi connectivity index (χ1n) is 9.09. The summed E-state index contributed by atoms with van der Waals surface area (Å²) < 4.78 is 22.7. The number of hydrogen-bond acceptors (Lipinski definition) is 5. The molecule has 26 heavy (non-hydrogen) atoms. The lowest BCUT2D eigenvalue weighted by Crippen LogP contribution is -2.37. The van der Waals surface area contributed by atoms with Crippen LogP contribution in [-0.4, -0.2) is 34.6 Å². The maximum Gasteiger partial charge on any atom is 0.137 e. The lowest BCUT2D eigenvalue weighted by molar-refractivity contribution is -0.132. The first kappa shape index (κ1) is 20.0. The molecule has 0 radical (unpaired) electrons. The van der Waals surface area contributed by atoms with E-state index >= 15 is 0 Å². The molecule has 3 atom stereocenters. The molecule has 1 aliphatic heterocycles. The van der Waals surface area contributed by atoms with Crippen LogP contribution in [0.15, 0.2) is 23.7 Å². The smallest absolute Gasteiger partial charge is 0.137 e. The second kappa shape index (κ2) is 7.32. The number of ether oxygens (including phenoxy) is 3. The lowest BCUT2D eigenvalue weighted by atomic mass is 10.1. The Labute approximate surface area is 165 Å². The number of pyridine rings is 1. The van der Waals surface area contributed by atoms with E-state index in [1.54, 1.807) is 11.3 Å². The largest absolute Gasteiger partial charge is 0.373 e. The van der Waals surface area contributed by atoms with Gasteiger partial charge in [0.15, 0.2) is 0 Å². The lowest BCUT2D eigenvalue weighted by Gasteiger charge is -2.29. The van der Waals surface area contributed by atoms with Crippen molar-refractivity contribution in [1.82, 2.24) is 4.57 Å². The van der Waals surface area contributed by atoms with E-state index in [0.717, 1.165) is 15.8 Å². The standard InChI is InChI=1S/C20H29NO3S2/c1-19(2,3)22-12-15-14(24-20(4,5)6)11-16(23-15)21-9-7-13-8-10-26-17(13)18(21)25/h7-10,14-16H,11-12H2,1-6H3/t14?,15-,16-/m1/s1.